The molecule has 1 saturated heterocycles. The summed E-state index contributed by atoms with van der Waals surface area (Å²) in [6, 6.07) is 25.5. The lowest BCUT2D eigenvalue weighted by Crippen LogP contribution is -2.48. The monoisotopic (exact) mass is 485 g/mol. The maximum Gasteiger partial charge on any atom is 0.130 e. The summed E-state index contributed by atoms with van der Waals surface area (Å²) < 4.78 is 1.10. The van der Waals surface area contributed by atoms with Gasteiger partial charge in [0.15, 0.2) is 0 Å². The summed E-state index contributed by atoms with van der Waals surface area (Å²) >= 11 is 2.27. The molecule has 0 unspecified atom stereocenters. The minimum atomic E-state index is -1.10. The predicted molar refractivity (Wildman–Crippen MR) is 120 cm³/mol. The molecule has 1 heterocycles. The van der Waals surface area contributed by atoms with Crippen LogP contribution in [0.4, 0.5) is 0 Å². The second kappa shape index (κ2) is 8.23. The molecule has 1 aliphatic rings. The highest BCUT2D eigenvalue weighted by molar-refractivity contribution is 14.1. The van der Waals surface area contributed by atoms with Crippen LogP contribution in [0, 0.1) is 3.57 Å². The smallest absolute Gasteiger partial charge is 0.130 e. The van der Waals surface area contributed by atoms with Crippen molar-refractivity contribution in [2.45, 2.75) is 31.0 Å². The van der Waals surface area contributed by atoms with Gasteiger partial charge >= 0.3 is 0 Å². The van der Waals surface area contributed by atoms with Gasteiger partial charge in [0.05, 0.1) is 0 Å². The third-order valence-electron chi connectivity index (χ3n) is 5.69. The van der Waals surface area contributed by atoms with Gasteiger partial charge in [-0.15, -0.1) is 0 Å². The van der Waals surface area contributed by atoms with E-state index in [4.69, 9.17) is 0 Å². The average Bonchev–Trinajstić information content (AvgIpc) is 3.20. The summed E-state index contributed by atoms with van der Waals surface area (Å²) in [5.74, 6) is 0.314. The molecule has 28 heavy (non-hydrogen) atoms. The van der Waals surface area contributed by atoms with E-state index in [0.29, 0.717) is 12.3 Å². The summed E-state index contributed by atoms with van der Waals surface area (Å²) in [6.07, 6.45) is 1.93. The highest BCUT2D eigenvalue weighted by atomic mass is 127. The fraction of sp³-hybridized carbons (Fsp3) is 0.250. The Hall–Kier alpha value is -1.89. The van der Waals surface area contributed by atoms with Gasteiger partial charge in [-0.2, -0.15) is 0 Å². The Morgan fingerprint density at radius 2 is 1.54 bits per heavy atom. The van der Waals surface area contributed by atoms with Crippen molar-refractivity contribution in [3.63, 3.8) is 0 Å². The summed E-state index contributed by atoms with van der Waals surface area (Å²) in [4.78, 5) is 2.31. The van der Waals surface area contributed by atoms with Crippen LogP contribution < -0.4 is 0 Å². The van der Waals surface area contributed by atoms with Crippen molar-refractivity contribution in [3.8, 4) is 5.75 Å². The van der Waals surface area contributed by atoms with Gasteiger partial charge in [-0.05, 0) is 71.3 Å². The first-order chi connectivity index (χ1) is 13.6. The van der Waals surface area contributed by atoms with Gasteiger partial charge in [0.1, 0.15) is 11.4 Å². The van der Waals surface area contributed by atoms with E-state index in [0.717, 1.165) is 39.6 Å². The highest BCUT2D eigenvalue weighted by Crippen LogP contribution is 2.41. The molecule has 3 nitrogen and oxygen atoms in total. The van der Waals surface area contributed by atoms with E-state index < -0.39 is 5.60 Å². The molecule has 1 aliphatic heterocycles. The van der Waals surface area contributed by atoms with Crippen LogP contribution in [0.3, 0.4) is 0 Å². The minimum Gasteiger partial charge on any atom is -0.508 e. The van der Waals surface area contributed by atoms with Crippen molar-refractivity contribution in [1.82, 2.24) is 4.90 Å². The van der Waals surface area contributed by atoms with Gasteiger partial charge in [0.25, 0.3) is 0 Å². The summed E-state index contributed by atoms with van der Waals surface area (Å²) in [5, 5.41) is 22.4. The normalized spacial score (nSPS) is 17.7. The predicted octanol–water partition coefficient (Wildman–Crippen LogP) is 4.90. The van der Waals surface area contributed by atoms with Crippen LogP contribution >= 0.6 is 22.6 Å². The molecule has 0 saturated carbocycles. The molecule has 3 aromatic carbocycles. The number of halogens is 1. The number of phenolic OH excluding ortho intramolecular Hbond substituents is 1. The lowest BCUT2D eigenvalue weighted by molar-refractivity contribution is -0.00672. The third kappa shape index (κ3) is 3.69. The number of benzene rings is 3. The van der Waals surface area contributed by atoms with Crippen LogP contribution in [0.25, 0.3) is 0 Å². The molecule has 3 aromatic rings. The molecular formula is C24H24INO2. The van der Waals surface area contributed by atoms with Crippen LogP contribution in [-0.4, -0.2) is 27.7 Å². The Kier molecular flexibility index (Phi) is 5.71. The Bertz CT molecular complexity index is 890. The van der Waals surface area contributed by atoms with Crippen LogP contribution in [0.15, 0.2) is 78.9 Å². The maximum atomic E-state index is 12.1. The molecular weight excluding hydrogens is 461 g/mol. The zero-order valence-corrected chi connectivity index (χ0v) is 17.8. The third-order valence-corrected chi connectivity index (χ3v) is 6.36. The van der Waals surface area contributed by atoms with Crippen LogP contribution in [-0.2, 0) is 12.1 Å². The molecule has 4 rings (SSSR count). The van der Waals surface area contributed by atoms with Gasteiger partial charge in [0, 0.05) is 21.7 Å². The summed E-state index contributed by atoms with van der Waals surface area (Å²) in [6.45, 7) is 1.52. The molecule has 0 aliphatic carbocycles. The number of phenols is 1. The lowest BCUT2D eigenvalue weighted by Gasteiger charge is -2.40. The Morgan fingerprint density at radius 3 is 2.14 bits per heavy atom. The van der Waals surface area contributed by atoms with Crippen molar-refractivity contribution in [1.29, 1.82) is 0 Å². The zero-order valence-electron chi connectivity index (χ0n) is 15.6. The molecule has 0 radical (unpaired) electrons. The van der Waals surface area contributed by atoms with Gasteiger partial charge in [0.2, 0.25) is 0 Å². The van der Waals surface area contributed by atoms with Gasteiger partial charge in [-0.1, -0.05) is 60.7 Å². The molecule has 144 valence electrons. The second-order valence-corrected chi connectivity index (χ2v) is 8.65. The standard InChI is InChI=1S/C24H24INO2/c25-21-13-14-22(27)18(16-21)17-26-15-7-12-23(26)24(28,19-8-3-1-4-9-19)20-10-5-2-6-11-20/h1-6,8-11,13-14,16,23,27-28H,7,12,15,17H2/t23-/m0/s1. The van der Waals surface area contributed by atoms with E-state index in [2.05, 4.69) is 27.5 Å². The number of aliphatic hydroxyl groups is 1. The summed E-state index contributed by atoms with van der Waals surface area (Å²) in [7, 11) is 0. The van der Waals surface area contributed by atoms with E-state index in [1.54, 1.807) is 6.07 Å². The summed E-state index contributed by atoms with van der Waals surface area (Å²) in [5.41, 5.74) is 1.62. The van der Waals surface area contributed by atoms with Crippen molar-refractivity contribution in [2.24, 2.45) is 0 Å². The van der Waals surface area contributed by atoms with Crippen molar-refractivity contribution >= 4 is 22.6 Å². The van der Waals surface area contributed by atoms with E-state index in [1.807, 2.05) is 72.8 Å². The SMILES string of the molecule is Oc1ccc(I)cc1CN1CCC[C@H]1C(O)(c1ccccc1)c1ccccc1. The van der Waals surface area contributed by atoms with E-state index >= 15 is 0 Å². The molecule has 4 heteroatoms. The molecule has 1 fully saturated rings. The van der Waals surface area contributed by atoms with Crippen molar-refractivity contribution < 1.29 is 10.2 Å². The Morgan fingerprint density at radius 1 is 0.929 bits per heavy atom. The largest absolute Gasteiger partial charge is 0.508 e. The molecule has 2 N–H and O–H groups in total. The topological polar surface area (TPSA) is 43.7 Å². The average molecular weight is 485 g/mol. The van der Waals surface area contributed by atoms with Gasteiger partial charge < -0.3 is 10.2 Å². The zero-order chi connectivity index (χ0) is 19.6. The Labute approximate surface area is 179 Å². The molecule has 1 atom stereocenters. The number of aromatic hydroxyl groups is 1. The van der Waals surface area contributed by atoms with Crippen molar-refractivity contribution in [3.05, 3.63) is 99.1 Å². The number of hydrogen-bond acceptors (Lipinski definition) is 3. The van der Waals surface area contributed by atoms with Gasteiger partial charge in [-0.3, -0.25) is 4.90 Å². The highest BCUT2D eigenvalue weighted by Gasteiger charge is 2.45. The molecule has 0 amide bonds. The van der Waals surface area contributed by atoms with Crippen LogP contribution in [0.5, 0.6) is 5.75 Å². The lowest BCUT2D eigenvalue weighted by atomic mass is 9.79. The minimum absolute atomic E-state index is 0.0606. The number of rotatable bonds is 5. The van der Waals surface area contributed by atoms with E-state index in [1.165, 1.54) is 0 Å². The Balaban J connectivity index is 1.74. The fourth-order valence-corrected chi connectivity index (χ4v) is 4.88. The van der Waals surface area contributed by atoms with E-state index in [9.17, 15) is 10.2 Å². The van der Waals surface area contributed by atoms with Crippen LogP contribution in [0.1, 0.15) is 29.5 Å². The molecule has 0 aromatic heterocycles. The molecule has 0 spiro atoms. The first-order valence-electron chi connectivity index (χ1n) is 9.64. The first kappa shape index (κ1) is 19.4. The quantitative estimate of drug-likeness (QED) is 0.506. The van der Waals surface area contributed by atoms with Gasteiger partial charge in [-0.25, -0.2) is 0 Å². The number of hydrogen-bond donors (Lipinski definition) is 2. The number of likely N-dealkylation sites (tertiary alicyclic amines) is 1. The van der Waals surface area contributed by atoms with E-state index in [-0.39, 0.29) is 6.04 Å². The molecule has 0 bridgehead atoms. The number of nitrogens with zero attached hydrogens (tertiary/aromatic N) is 1. The maximum absolute atomic E-state index is 12.1. The fourth-order valence-electron chi connectivity index (χ4n) is 4.32. The van der Waals surface area contributed by atoms with Crippen molar-refractivity contribution in [2.75, 3.05) is 6.54 Å². The van der Waals surface area contributed by atoms with Crippen LogP contribution in [0.2, 0.25) is 0 Å². The second-order valence-electron chi connectivity index (χ2n) is 7.40. The first-order valence-corrected chi connectivity index (χ1v) is 10.7.